The summed E-state index contributed by atoms with van der Waals surface area (Å²) < 4.78 is 24.0. The molecule has 1 aromatic rings. The maximum Gasteiger partial charge on any atom is 0.278 e. The number of amides is 1. The predicted molar refractivity (Wildman–Crippen MR) is 53.6 cm³/mol. The summed E-state index contributed by atoms with van der Waals surface area (Å²) in [5, 5.41) is -0.0654. The number of sulfonamides is 1. The molecule has 0 saturated heterocycles. The molecule has 0 unspecified atom stereocenters. The molecule has 2 rings (SSSR count). The first-order valence-electron chi connectivity index (χ1n) is 3.38. The van der Waals surface area contributed by atoms with E-state index in [9.17, 15) is 13.2 Å². The van der Waals surface area contributed by atoms with Gasteiger partial charge in [-0.05, 0) is 0 Å². The molecule has 0 fully saturated rings. The molecule has 0 atom stereocenters. The molecular weight excluding hydrogens is 269 g/mol. The smallest absolute Gasteiger partial charge is 0.267 e. The molecule has 4 nitrogen and oxygen atoms in total. The third kappa shape index (κ3) is 1.05. The van der Waals surface area contributed by atoms with Gasteiger partial charge in [0.15, 0.2) is 0 Å². The predicted octanol–water partition coefficient (Wildman–Crippen LogP) is 1.83. The second-order valence-corrected chi connectivity index (χ2v) is 6.53. The number of halogens is 2. The minimum absolute atomic E-state index is 0.0654. The third-order valence-corrected chi connectivity index (χ3v) is 5.89. The summed E-state index contributed by atoms with van der Waals surface area (Å²) in [6.07, 6.45) is 0. The number of rotatable bonds is 0. The Bertz CT molecular complexity index is 534. The van der Waals surface area contributed by atoms with Crippen molar-refractivity contribution in [3.05, 3.63) is 14.2 Å². The van der Waals surface area contributed by atoms with Gasteiger partial charge in [-0.2, -0.15) is 0 Å². The summed E-state index contributed by atoms with van der Waals surface area (Å²) >= 11 is 12.2. The number of thiophene rings is 1. The number of hydrogen-bond acceptors (Lipinski definition) is 4. The molecule has 14 heavy (non-hydrogen) atoms. The molecule has 0 spiro atoms. The van der Waals surface area contributed by atoms with Gasteiger partial charge in [-0.3, -0.25) is 4.79 Å². The summed E-state index contributed by atoms with van der Waals surface area (Å²) in [6.45, 7) is 0. The lowest BCUT2D eigenvalue weighted by Crippen LogP contribution is -2.25. The fourth-order valence-electron chi connectivity index (χ4n) is 1.13. The molecule has 0 radical (unpaired) electrons. The zero-order valence-corrected chi connectivity index (χ0v) is 9.89. The summed E-state index contributed by atoms with van der Waals surface area (Å²) in [5.41, 5.74) is 0. The molecule has 0 aliphatic carbocycles. The molecule has 1 aliphatic heterocycles. The van der Waals surface area contributed by atoms with E-state index in [0.29, 0.717) is 4.31 Å². The monoisotopic (exact) mass is 271 g/mol. The topological polar surface area (TPSA) is 54.5 Å². The van der Waals surface area contributed by atoms with Crippen molar-refractivity contribution in [2.24, 2.45) is 0 Å². The Kier molecular flexibility index (Phi) is 2.08. The quantitative estimate of drug-likeness (QED) is 0.724. The Hall–Kier alpha value is -0.300. The standard InChI is InChI=1S/C6H3Cl2NO3S2/c1-9-6(10)3-4(14(9,11)12)2(7)5(8)13-3/h1H3. The van der Waals surface area contributed by atoms with E-state index in [0.717, 1.165) is 11.3 Å². The van der Waals surface area contributed by atoms with Crippen molar-refractivity contribution in [1.29, 1.82) is 0 Å². The average molecular weight is 272 g/mol. The van der Waals surface area contributed by atoms with Crippen LogP contribution in [0.4, 0.5) is 0 Å². The van der Waals surface area contributed by atoms with Gasteiger partial charge in [0, 0.05) is 7.05 Å². The van der Waals surface area contributed by atoms with Crippen molar-refractivity contribution in [3.8, 4) is 0 Å². The van der Waals surface area contributed by atoms with E-state index < -0.39 is 15.9 Å². The molecule has 1 amide bonds. The SMILES string of the molecule is CN1C(=O)c2sc(Cl)c(Cl)c2S1(=O)=O. The number of nitrogens with zero attached hydrogens (tertiary/aromatic N) is 1. The maximum absolute atomic E-state index is 11.6. The van der Waals surface area contributed by atoms with Crippen LogP contribution in [0.25, 0.3) is 0 Å². The van der Waals surface area contributed by atoms with Crippen LogP contribution in [0.2, 0.25) is 9.36 Å². The second-order valence-electron chi connectivity index (χ2n) is 2.63. The van der Waals surface area contributed by atoms with Gasteiger partial charge in [0.2, 0.25) is 0 Å². The zero-order valence-electron chi connectivity index (χ0n) is 6.74. The van der Waals surface area contributed by atoms with E-state index in [2.05, 4.69) is 0 Å². The first-order chi connectivity index (χ1) is 6.37. The molecule has 2 heterocycles. The van der Waals surface area contributed by atoms with Crippen LogP contribution < -0.4 is 0 Å². The van der Waals surface area contributed by atoms with Gasteiger partial charge in [0.1, 0.15) is 14.1 Å². The molecule has 0 N–H and O–H groups in total. The number of fused-ring (bicyclic) bond motifs is 1. The molecule has 0 bridgehead atoms. The van der Waals surface area contributed by atoms with E-state index in [1.165, 1.54) is 7.05 Å². The van der Waals surface area contributed by atoms with Crippen molar-refractivity contribution in [2.45, 2.75) is 4.90 Å². The fraction of sp³-hybridized carbons (Fsp3) is 0.167. The van der Waals surface area contributed by atoms with Crippen LogP contribution in [-0.2, 0) is 10.0 Å². The van der Waals surface area contributed by atoms with Crippen LogP contribution in [-0.4, -0.2) is 25.7 Å². The Balaban J connectivity index is 2.88. The van der Waals surface area contributed by atoms with Crippen molar-refractivity contribution < 1.29 is 13.2 Å². The van der Waals surface area contributed by atoms with Gasteiger partial charge in [-0.15, -0.1) is 11.3 Å². The van der Waals surface area contributed by atoms with E-state index in [-0.39, 0.29) is 19.1 Å². The first kappa shape index (κ1) is 10.2. The molecular formula is C6H3Cl2NO3S2. The normalized spacial score (nSPS) is 18.8. The summed E-state index contributed by atoms with van der Waals surface area (Å²) in [5.74, 6) is -0.584. The average Bonchev–Trinajstić information content (AvgIpc) is 2.47. The first-order valence-corrected chi connectivity index (χ1v) is 6.39. The van der Waals surface area contributed by atoms with Crippen LogP contribution >= 0.6 is 34.5 Å². The van der Waals surface area contributed by atoms with Gasteiger partial charge < -0.3 is 0 Å². The van der Waals surface area contributed by atoms with E-state index in [4.69, 9.17) is 23.2 Å². The van der Waals surface area contributed by atoms with Crippen molar-refractivity contribution in [3.63, 3.8) is 0 Å². The van der Waals surface area contributed by atoms with Gasteiger partial charge >= 0.3 is 0 Å². The highest BCUT2D eigenvalue weighted by Crippen LogP contribution is 2.45. The number of carbonyl (C=O) groups is 1. The fourth-order valence-corrected chi connectivity index (χ4v) is 4.66. The number of carbonyl (C=O) groups excluding carboxylic acids is 1. The van der Waals surface area contributed by atoms with Crippen LogP contribution in [0.15, 0.2) is 4.90 Å². The van der Waals surface area contributed by atoms with Gasteiger partial charge in [-0.1, -0.05) is 23.2 Å². The Morgan fingerprint density at radius 2 is 1.93 bits per heavy atom. The minimum Gasteiger partial charge on any atom is -0.267 e. The van der Waals surface area contributed by atoms with Gasteiger partial charge in [-0.25, -0.2) is 12.7 Å². The Morgan fingerprint density at radius 3 is 2.43 bits per heavy atom. The van der Waals surface area contributed by atoms with E-state index in [1.54, 1.807) is 0 Å². The Morgan fingerprint density at radius 1 is 1.36 bits per heavy atom. The molecule has 1 aromatic heterocycles. The highest BCUT2D eigenvalue weighted by molar-refractivity contribution is 7.90. The molecule has 1 aliphatic rings. The van der Waals surface area contributed by atoms with Crippen molar-refractivity contribution in [2.75, 3.05) is 7.05 Å². The van der Waals surface area contributed by atoms with Gasteiger partial charge in [0.25, 0.3) is 15.9 Å². The molecule has 0 aromatic carbocycles. The zero-order chi connectivity index (χ0) is 10.7. The van der Waals surface area contributed by atoms with Gasteiger partial charge in [0.05, 0.1) is 5.02 Å². The third-order valence-electron chi connectivity index (χ3n) is 1.87. The van der Waals surface area contributed by atoms with Crippen LogP contribution in [0, 0.1) is 0 Å². The van der Waals surface area contributed by atoms with Crippen molar-refractivity contribution in [1.82, 2.24) is 4.31 Å². The maximum atomic E-state index is 11.6. The van der Waals surface area contributed by atoms with Crippen LogP contribution in [0.1, 0.15) is 9.67 Å². The summed E-state index contributed by atoms with van der Waals surface area (Å²) in [4.78, 5) is 11.3. The van der Waals surface area contributed by atoms with Crippen LogP contribution in [0.5, 0.6) is 0 Å². The molecule has 76 valence electrons. The lowest BCUT2D eigenvalue weighted by atomic mass is 10.4. The Labute approximate surface area is 94.1 Å². The highest BCUT2D eigenvalue weighted by atomic mass is 35.5. The minimum atomic E-state index is -3.77. The van der Waals surface area contributed by atoms with Crippen LogP contribution in [0.3, 0.4) is 0 Å². The van der Waals surface area contributed by atoms with Crippen molar-refractivity contribution >= 4 is 50.5 Å². The lowest BCUT2D eigenvalue weighted by Gasteiger charge is -2.06. The van der Waals surface area contributed by atoms with E-state index >= 15 is 0 Å². The number of hydrogen-bond donors (Lipinski definition) is 0. The lowest BCUT2D eigenvalue weighted by molar-refractivity contribution is 0.0896. The summed E-state index contributed by atoms with van der Waals surface area (Å²) in [7, 11) is -2.58. The molecule has 0 saturated carbocycles. The van der Waals surface area contributed by atoms with E-state index in [1.807, 2.05) is 0 Å². The highest BCUT2D eigenvalue weighted by Gasteiger charge is 2.43. The molecule has 8 heteroatoms. The summed E-state index contributed by atoms with van der Waals surface area (Å²) in [6, 6.07) is 0. The second kappa shape index (κ2) is 2.85. The largest absolute Gasteiger partial charge is 0.278 e.